The summed E-state index contributed by atoms with van der Waals surface area (Å²) in [5, 5.41) is 0.631. The second kappa shape index (κ2) is 3.63. The van der Waals surface area contributed by atoms with Crippen LogP contribution in [0, 0.1) is 6.92 Å². The molecule has 12 heavy (non-hydrogen) atoms. The number of halogens is 1. The molecule has 1 aromatic rings. The number of hydrogen-bond donors (Lipinski definition) is 1. The number of hydrogen-bond acceptors (Lipinski definition) is 1. The zero-order valence-corrected chi connectivity index (χ0v) is 7.86. The van der Waals surface area contributed by atoms with E-state index in [1.807, 2.05) is 25.1 Å². The Bertz CT molecular complexity index is 305. The number of nitrogens with two attached hydrogens (primary N) is 1. The molecule has 0 radical (unpaired) electrons. The van der Waals surface area contributed by atoms with Gasteiger partial charge in [-0.1, -0.05) is 23.7 Å². The summed E-state index contributed by atoms with van der Waals surface area (Å²) in [4.78, 5) is 0. The molecule has 1 nitrogen and oxygen atoms in total. The summed E-state index contributed by atoms with van der Waals surface area (Å²) in [6, 6.07) is 3.90. The highest BCUT2D eigenvalue weighted by Crippen LogP contribution is 2.25. The molecule has 0 aromatic heterocycles. The molecule has 0 unspecified atom stereocenters. The number of benzene rings is 1. The van der Waals surface area contributed by atoms with Gasteiger partial charge in [0, 0.05) is 0 Å². The predicted octanol–water partition coefficient (Wildman–Crippen LogP) is 2.96. The molecule has 0 aliphatic carbocycles. The number of anilines is 1. The quantitative estimate of drug-likeness (QED) is 0.551. The zero-order valence-electron chi connectivity index (χ0n) is 7.10. The highest BCUT2D eigenvalue weighted by Gasteiger charge is 2.02. The molecule has 0 spiro atoms. The van der Waals surface area contributed by atoms with Crippen molar-refractivity contribution in [3.05, 3.63) is 40.9 Å². The summed E-state index contributed by atoms with van der Waals surface area (Å²) in [5.74, 6) is 0. The summed E-state index contributed by atoms with van der Waals surface area (Å²) in [6.07, 6.45) is 2.59. The van der Waals surface area contributed by atoms with E-state index in [0.29, 0.717) is 10.7 Å². The SMILES string of the molecule is C=CCc1cc(C)cc(Cl)c1N. The van der Waals surface area contributed by atoms with Crippen LogP contribution < -0.4 is 5.73 Å². The smallest absolute Gasteiger partial charge is 0.0641 e. The van der Waals surface area contributed by atoms with Crippen LogP contribution in [0.1, 0.15) is 11.1 Å². The van der Waals surface area contributed by atoms with E-state index in [0.717, 1.165) is 17.5 Å². The van der Waals surface area contributed by atoms with Gasteiger partial charge in [-0.15, -0.1) is 6.58 Å². The van der Waals surface area contributed by atoms with Crippen LogP contribution in [0.4, 0.5) is 5.69 Å². The van der Waals surface area contributed by atoms with Crippen LogP contribution in [0.3, 0.4) is 0 Å². The molecule has 0 saturated carbocycles. The van der Waals surface area contributed by atoms with Gasteiger partial charge in [-0.25, -0.2) is 0 Å². The first-order chi connectivity index (χ1) is 5.65. The molecule has 1 aromatic carbocycles. The van der Waals surface area contributed by atoms with Crippen LogP contribution in [0.15, 0.2) is 24.8 Å². The summed E-state index contributed by atoms with van der Waals surface area (Å²) in [5.41, 5.74) is 8.61. The van der Waals surface area contributed by atoms with Crippen LogP contribution in [-0.2, 0) is 6.42 Å². The van der Waals surface area contributed by atoms with Gasteiger partial charge in [-0.3, -0.25) is 0 Å². The molecule has 2 N–H and O–H groups in total. The van der Waals surface area contributed by atoms with Gasteiger partial charge in [0.15, 0.2) is 0 Å². The van der Waals surface area contributed by atoms with Gasteiger partial charge in [0.05, 0.1) is 10.7 Å². The molecule has 0 aliphatic rings. The van der Waals surface area contributed by atoms with Crippen LogP contribution in [-0.4, -0.2) is 0 Å². The van der Waals surface area contributed by atoms with Gasteiger partial charge in [0.1, 0.15) is 0 Å². The normalized spacial score (nSPS) is 9.83. The predicted molar refractivity (Wildman–Crippen MR) is 54.5 cm³/mol. The molecule has 1 rings (SSSR count). The summed E-state index contributed by atoms with van der Waals surface area (Å²) < 4.78 is 0. The maximum absolute atomic E-state index is 5.90. The average Bonchev–Trinajstić information content (AvgIpc) is 2.00. The highest BCUT2D eigenvalue weighted by molar-refractivity contribution is 6.33. The van der Waals surface area contributed by atoms with Crippen molar-refractivity contribution in [1.82, 2.24) is 0 Å². The van der Waals surface area contributed by atoms with E-state index in [4.69, 9.17) is 17.3 Å². The molecule has 0 heterocycles. The lowest BCUT2D eigenvalue weighted by Crippen LogP contribution is -1.95. The van der Waals surface area contributed by atoms with Gasteiger partial charge in [0.2, 0.25) is 0 Å². The third-order valence-electron chi connectivity index (χ3n) is 1.72. The van der Waals surface area contributed by atoms with Crippen LogP contribution in [0.5, 0.6) is 0 Å². The lowest BCUT2D eigenvalue weighted by molar-refractivity contribution is 1.26. The molecule has 2 heteroatoms. The van der Waals surface area contributed by atoms with Gasteiger partial charge >= 0.3 is 0 Å². The Labute approximate surface area is 77.8 Å². The molecule has 0 aliphatic heterocycles. The third-order valence-corrected chi connectivity index (χ3v) is 2.04. The van der Waals surface area contributed by atoms with E-state index in [9.17, 15) is 0 Å². The first-order valence-corrected chi connectivity index (χ1v) is 4.18. The van der Waals surface area contributed by atoms with Crippen molar-refractivity contribution in [2.24, 2.45) is 0 Å². The van der Waals surface area contributed by atoms with Crippen molar-refractivity contribution in [2.75, 3.05) is 5.73 Å². The highest BCUT2D eigenvalue weighted by atomic mass is 35.5. The molecule has 0 amide bonds. The molecule has 0 bridgehead atoms. The molecule has 0 saturated heterocycles. The van der Waals surface area contributed by atoms with Gasteiger partial charge in [-0.05, 0) is 30.5 Å². The van der Waals surface area contributed by atoms with Gasteiger partial charge in [-0.2, -0.15) is 0 Å². The minimum Gasteiger partial charge on any atom is -0.397 e. The van der Waals surface area contributed by atoms with Crippen molar-refractivity contribution in [3.63, 3.8) is 0 Å². The Hall–Kier alpha value is -0.950. The number of allylic oxidation sites excluding steroid dienone is 1. The van der Waals surface area contributed by atoms with Crippen LogP contribution in [0.25, 0.3) is 0 Å². The fourth-order valence-electron chi connectivity index (χ4n) is 1.15. The largest absolute Gasteiger partial charge is 0.397 e. The minimum absolute atomic E-state index is 0.631. The van der Waals surface area contributed by atoms with E-state index in [1.54, 1.807) is 0 Å². The van der Waals surface area contributed by atoms with E-state index >= 15 is 0 Å². The lowest BCUT2D eigenvalue weighted by atomic mass is 10.1. The molecule has 0 atom stereocenters. The number of aryl methyl sites for hydroxylation is 1. The molecular weight excluding hydrogens is 170 g/mol. The van der Waals surface area contributed by atoms with Crippen molar-refractivity contribution in [1.29, 1.82) is 0 Å². The van der Waals surface area contributed by atoms with E-state index in [2.05, 4.69) is 6.58 Å². The molecule has 64 valence electrons. The van der Waals surface area contributed by atoms with Crippen molar-refractivity contribution in [3.8, 4) is 0 Å². The molecule has 0 fully saturated rings. The lowest BCUT2D eigenvalue weighted by Gasteiger charge is -2.06. The first kappa shape index (κ1) is 9.14. The summed E-state index contributed by atoms with van der Waals surface area (Å²) in [6.45, 7) is 5.66. The second-order valence-corrected chi connectivity index (χ2v) is 3.22. The van der Waals surface area contributed by atoms with E-state index in [-0.39, 0.29) is 0 Å². The Balaban J connectivity index is 3.17. The Morgan fingerprint density at radius 2 is 2.25 bits per heavy atom. The van der Waals surface area contributed by atoms with Gasteiger partial charge in [0.25, 0.3) is 0 Å². The number of rotatable bonds is 2. The van der Waals surface area contributed by atoms with Crippen molar-refractivity contribution in [2.45, 2.75) is 13.3 Å². The topological polar surface area (TPSA) is 26.0 Å². The van der Waals surface area contributed by atoms with Crippen molar-refractivity contribution >= 4 is 17.3 Å². The van der Waals surface area contributed by atoms with E-state index in [1.165, 1.54) is 0 Å². The standard InChI is InChI=1S/C10H12ClN/c1-3-4-8-5-7(2)6-9(11)10(8)12/h3,5-6H,1,4,12H2,2H3. The first-order valence-electron chi connectivity index (χ1n) is 3.80. The summed E-state index contributed by atoms with van der Waals surface area (Å²) in [7, 11) is 0. The zero-order chi connectivity index (χ0) is 9.14. The minimum atomic E-state index is 0.631. The van der Waals surface area contributed by atoms with Gasteiger partial charge < -0.3 is 5.73 Å². The van der Waals surface area contributed by atoms with E-state index < -0.39 is 0 Å². The maximum Gasteiger partial charge on any atom is 0.0641 e. The average molecular weight is 182 g/mol. The number of nitrogen functional groups attached to an aromatic ring is 1. The fraction of sp³-hybridized carbons (Fsp3) is 0.200. The Kier molecular flexibility index (Phi) is 2.77. The fourth-order valence-corrected chi connectivity index (χ4v) is 1.44. The van der Waals surface area contributed by atoms with Crippen LogP contribution >= 0.6 is 11.6 Å². The molecular formula is C10H12ClN. The maximum atomic E-state index is 5.90. The Morgan fingerprint density at radius 3 is 2.83 bits per heavy atom. The monoisotopic (exact) mass is 181 g/mol. The summed E-state index contributed by atoms with van der Waals surface area (Å²) >= 11 is 5.90. The second-order valence-electron chi connectivity index (χ2n) is 2.81. The third kappa shape index (κ3) is 1.80. The van der Waals surface area contributed by atoms with Crippen LogP contribution in [0.2, 0.25) is 5.02 Å². The van der Waals surface area contributed by atoms with Crippen molar-refractivity contribution < 1.29 is 0 Å². The Morgan fingerprint density at radius 1 is 1.58 bits per heavy atom.